The summed E-state index contributed by atoms with van der Waals surface area (Å²) < 4.78 is 35.8. The summed E-state index contributed by atoms with van der Waals surface area (Å²) >= 11 is 0. The second-order valence-electron chi connectivity index (χ2n) is 19.5. The minimum Gasteiger partial charge on any atom is -0.493 e. The molecular formula is C59H65N7O11S2. The first-order chi connectivity index (χ1) is 38.4. The zero-order valence-corrected chi connectivity index (χ0v) is 46.2. The predicted molar refractivity (Wildman–Crippen MR) is 305 cm³/mol. The van der Waals surface area contributed by atoms with Gasteiger partial charge in [-0.2, -0.15) is 0 Å². The fourth-order valence-corrected chi connectivity index (χ4v) is 12.0. The topological polar surface area (TPSA) is 206 Å². The average molecular weight is 1110 g/mol. The van der Waals surface area contributed by atoms with E-state index < -0.39 is 30.5 Å². The molecule has 5 aromatic rings. The summed E-state index contributed by atoms with van der Waals surface area (Å²) in [4.78, 5) is 69.7. The van der Waals surface area contributed by atoms with Crippen LogP contribution in [-0.4, -0.2) is 141 Å². The first-order valence-electron chi connectivity index (χ1n) is 26.2. The first kappa shape index (κ1) is 56.1. The Morgan fingerprint density at radius 2 is 1.49 bits per heavy atom. The van der Waals surface area contributed by atoms with E-state index in [-0.39, 0.29) is 47.9 Å². The number of nitrogens with zero attached hydrogens (tertiary/aromatic N) is 5. The molecule has 0 spiro atoms. The maximum atomic E-state index is 14.4. The molecule has 3 fully saturated rings. The molecule has 9 rings (SSSR count). The normalized spacial score (nSPS) is 17.7. The predicted octanol–water partition coefficient (Wildman–Crippen LogP) is 10.4. The lowest BCUT2D eigenvalue weighted by atomic mass is 9.98. The first-order valence-corrected chi connectivity index (χ1v) is 28.5. The molecule has 1 aliphatic carbocycles. The Bertz CT molecular complexity index is 3040. The largest absolute Gasteiger partial charge is 0.493 e. The van der Waals surface area contributed by atoms with Crippen LogP contribution < -0.4 is 25.3 Å². The third kappa shape index (κ3) is 13.3. The highest BCUT2D eigenvalue weighted by Crippen LogP contribution is 2.45. The molecule has 4 amide bonds. The van der Waals surface area contributed by atoms with Crippen molar-refractivity contribution in [3.63, 3.8) is 0 Å². The van der Waals surface area contributed by atoms with Gasteiger partial charge in [-0.05, 0) is 102 Å². The number of unbranched alkanes of at least 4 members (excludes halogenated alkanes) is 2. The summed E-state index contributed by atoms with van der Waals surface area (Å²) in [5.41, 5.74) is 14.5. The van der Waals surface area contributed by atoms with E-state index in [9.17, 15) is 19.2 Å². The van der Waals surface area contributed by atoms with Gasteiger partial charge in [-0.15, -0.1) is 0 Å². The van der Waals surface area contributed by atoms with Gasteiger partial charge in [0, 0.05) is 48.8 Å². The second kappa shape index (κ2) is 26.3. The highest BCUT2D eigenvalue weighted by Gasteiger charge is 2.45. The van der Waals surface area contributed by atoms with Crippen molar-refractivity contribution < 1.29 is 52.4 Å². The van der Waals surface area contributed by atoms with Crippen LogP contribution in [0.3, 0.4) is 0 Å². The zero-order valence-electron chi connectivity index (χ0n) is 44.6. The van der Waals surface area contributed by atoms with E-state index in [0.717, 1.165) is 50.4 Å². The summed E-state index contributed by atoms with van der Waals surface area (Å²) in [7, 11) is 5.89. The molecule has 414 valence electrons. The number of ether oxygens (including phenoxy) is 6. The molecule has 4 aliphatic rings. The van der Waals surface area contributed by atoms with Crippen LogP contribution in [0, 0.1) is 6.92 Å². The number of aryl methyl sites for hydroxylation is 1. The minimum atomic E-state index is -0.738. The van der Waals surface area contributed by atoms with Gasteiger partial charge < -0.3 is 48.8 Å². The summed E-state index contributed by atoms with van der Waals surface area (Å²) in [6, 6.07) is 27.7. The Kier molecular flexibility index (Phi) is 18.7. The minimum absolute atomic E-state index is 0.0928. The number of nitrogens with two attached hydrogens (primary N) is 1. The number of pyridine rings is 1. The van der Waals surface area contributed by atoms with E-state index in [2.05, 4.69) is 52.9 Å². The van der Waals surface area contributed by atoms with Crippen molar-refractivity contribution in [2.24, 2.45) is 5.16 Å². The van der Waals surface area contributed by atoms with Crippen LogP contribution in [0.5, 0.6) is 17.2 Å². The van der Waals surface area contributed by atoms with Gasteiger partial charge in [0.05, 0.1) is 68.6 Å². The lowest BCUT2D eigenvalue weighted by Gasteiger charge is -2.33. The number of amides is 4. The van der Waals surface area contributed by atoms with Crippen LogP contribution in [0.1, 0.15) is 75.4 Å². The molecule has 1 aromatic heterocycles. The molecule has 0 saturated carbocycles. The number of fused-ring (bicyclic) bond motifs is 3. The van der Waals surface area contributed by atoms with Gasteiger partial charge in [0.1, 0.15) is 31.1 Å². The smallest absolute Gasteiger partial charge is 0.412 e. The maximum absolute atomic E-state index is 14.4. The number of hydrogen-bond donors (Lipinski definition) is 2. The van der Waals surface area contributed by atoms with E-state index in [0.29, 0.717) is 93.7 Å². The van der Waals surface area contributed by atoms with Gasteiger partial charge in [0.15, 0.2) is 17.7 Å². The van der Waals surface area contributed by atoms with Crippen molar-refractivity contribution in [1.29, 1.82) is 0 Å². The van der Waals surface area contributed by atoms with Crippen molar-refractivity contribution >= 4 is 63.2 Å². The molecule has 3 saturated heterocycles. The molecule has 0 bridgehead atoms. The van der Waals surface area contributed by atoms with Crippen LogP contribution >= 0.6 is 21.6 Å². The molecule has 1 unspecified atom stereocenters. The van der Waals surface area contributed by atoms with Gasteiger partial charge in [-0.3, -0.25) is 19.8 Å². The van der Waals surface area contributed by atoms with Crippen LogP contribution in [0.2, 0.25) is 0 Å². The summed E-state index contributed by atoms with van der Waals surface area (Å²) in [5, 5.41) is 7.50. The number of oxime groups is 1. The van der Waals surface area contributed by atoms with Crippen molar-refractivity contribution in [3.8, 4) is 28.4 Å². The van der Waals surface area contributed by atoms with Crippen molar-refractivity contribution in [2.45, 2.75) is 68.3 Å². The zero-order chi connectivity index (χ0) is 55.4. The van der Waals surface area contributed by atoms with E-state index in [1.807, 2.05) is 49.4 Å². The molecule has 79 heavy (non-hydrogen) atoms. The Labute approximate surface area is 468 Å². The van der Waals surface area contributed by atoms with Crippen LogP contribution in [-0.2, 0) is 19.0 Å². The quantitative estimate of drug-likeness (QED) is 0.0165. The molecule has 4 aromatic carbocycles. The van der Waals surface area contributed by atoms with Crippen molar-refractivity contribution in [2.75, 3.05) is 83.7 Å². The lowest BCUT2D eigenvalue weighted by molar-refractivity contribution is -0.0211. The number of nitrogen functional groups attached to an aromatic ring is 1. The molecule has 4 heterocycles. The standard InChI is InChI=1S/C59H65N7O11S2/c1-37-27-40(33-62-72-5)65(34-37)56(68)46-30-52(71-4)53(32-49(46)63-58(69)76-25-26-78-79-54-19-11-12-20-61-54)74-23-14-6-13-22-73-51-31-48(60)45(29-39(51)3)55(67)66-35-38(2)28-50(66)57-64(21-24-75-57)59(70)77-36-47-43-17-9-7-15-41(43)42-16-8-10-18-44(42)47/h7-12,15-20,29-33,40,47,50,57H,1-2,6,13-14,21-28,34-36,60H2,3-5H3,(H,63,69)/b62-33+/t40-,50-,57?/m0/s1. The average Bonchev–Trinajstić information content (AvgIpc) is 4.33. The van der Waals surface area contributed by atoms with Gasteiger partial charge in [0.25, 0.3) is 11.8 Å². The van der Waals surface area contributed by atoms with Crippen LogP contribution in [0.15, 0.2) is 132 Å². The molecule has 0 radical (unpaired) electrons. The number of benzene rings is 4. The van der Waals surface area contributed by atoms with E-state index >= 15 is 0 Å². The Balaban J connectivity index is 0.773. The van der Waals surface area contributed by atoms with E-state index in [4.69, 9.17) is 39.0 Å². The van der Waals surface area contributed by atoms with Crippen LogP contribution in [0.25, 0.3) is 11.1 Å². The highest BCUT2D eigenvalue weighted by molar-refractivity contribution is 8.76. The third-order valence-electron chi connectivity index (χ3n) is 14.1. The Hall–Kier alpha value is -7.68. The second-order valence-corrected chi connectivity index (χ2v) is 21.9. The molecular weight excluding hydrogens is 1050 g/mol. The fraction of sp³-hybridized carbons (Fsp3) is 0.356. The monoisotopic (exact) mass is 1110 g/mol. The summed E-state index contributed by atoms with van der Waals surface area (Å²) in [6.45, 7) is 12.3. The number of hydrogen-bond acceptors (Lipinski definition) is 16. The molecule has 3 atom stereocenters. The van der Waals surface area contributed by atoms with E-state index in [1.54, 1.807) is 51.4 Å². The van der Waals surface area contributed by atoms with Crippen molar-refractivity contribution in [1.82, 2.24) is 19.7 Å². The number of aromatic nitrogens is 1. The molecule has 3 N–H and O–H groups in total. The highest BCUT2D eigenvalue weighted by atomic mass is 33.1. The fourth-order valence-electron chi connectivity index (χ4n) is 10.3. The lowest BCUT2D eigenvalue weighted by Crippen LogP contribution is -2.51. The number of nitrogens with one attached hydrogen (secondary N) is 1. The number of carbonyl (C=O) groups excluding carboxylic acids is 4. The van der Waals surface area contributed by atoms with Gasteiger partial charge in [-0.25, -0.2) is 14.6 Å². The Morgan fingerprint density at radius 3 is 2.22 bits per heavy atom. The molecule has 3 aliphatic heterocycles. The number of likely N-dealkylation sites (tertiary alicyclic amines) is 2. The number of anilines is 2. The Morgan fingerprint density at radius 1 is 0.797 bits per heavy atom. The van der Waals surface area contributed by atoms with Gasteiger partial charge in [-0.1, -0.05) is 94.9 Å². The molecule has 20 heteroatoms. The maximum Gasteiger partial charge on any atom is 0.412 e. The SMILES string of the molecule is C=C1C[C@@H](/C=N/OC)N(C(=O)c2cc(OC)c(OCCCCCOc3cc(N)c(C(=O)N4CC(=C)C[C@H]4C4OCCN4C(=O)OCC4c5ccccc5-c5ccccc54)cc3C)cc2NC(=O)OCCSSc2ccccn2)C1. The third-order valence-corrected chi connectivity index (χ3v) is 16.3. The van der Waals surface area contributed by atoms with Gasteiger partial charge in [0.2, 0.25) is 0 Å². The number of methoxy groups -OCH3 is 1. The number of carbonyl (C=O) groups is 4. The summed E-state index contributed by atoms with van der Waals surface area (Å²) in [5.74, 6) is 0.925. The summed E-state index contributed by atoms with van der Waals surface area (Å²) in [6.07, 6.45) is 4.33. The van der Waals surface area contributed by atoms with E-state index in [1.165, 1.54) is 35.8 Å². The molecule has 18 nitrogen and oxygen atoms in total. The number of rotatable bonds is 22. The van der Waals surface area contributed by atoms with Gasteiger partial charge >= 0.3 is 12.2 Å². The van der Waals surface area contributed by atoms with Crippen molar-refractivity contribution in [3.05, 3.63) is 149 Å². The van der Waals surface area contributed by atoms with Crippen LogP contribution in [0.4, 0.5) is 21.0 Å².